The lowest BCUT2D eigenvalue weighted by Gasteiger charge is -2.12. The quantitative estimate of drug-likeness (QED) is 0.0556. The van der Waals surface area contributed by atoms with Crippen LogP contribution in [0.4, 0.5) is 0 Å². The average Bonchev–Trinajstić information content (AvgIpc) is 3.96. The number of ether oxygens (including phenoxy) is 2. The van der Waals surface area contributed by atoms with Crippen molar-refractivity contribution >= 4 is 74.8 Å². The minimum Gasteiger partial charge on any atom is -0.469 e. The number of aliphatic imine (C=N–C) groups is 2. The Morgan fingerprint density at radius 3 is 1.71 bits per heavy atom. The van der Waals surface area contributed by atoms with Gasteiger partial charge in [0.2, 0.25) is 0 Å². The molecule has 0 amide bonds. The van der Waals surface area contributed by atoms with Crippen molar-refractivity contribution in [3.05, 3.63) is 125 Å². The molecule has 62 heavy (non-hydrogen) atoms. The number of methoxy groups -OCH3 is 1. The summed E-state index contributed by atoms with van der Waals surface area (Å²) < 4.78 is 14.9. The van der Waals surface area contributed by atoms with E-state index >= 15 is 0 Å². The summed E-state index contributed by atoms with van der Waals surface area (Å²) >= 11 is 15.5. The number of aryl methyl sites for hydroxylation is 3. The lowest BCUT2D eigenvalue weighted by molar-refractivity contribution is -0.141. The van der Waals surface area contributed by atoms with E-state index in [1.54, 1.807) is 23.5 Å². The van der Waals surface area contributed by atoms with E-state index in [1.165, 1.54) is 23.3 Å². The number of hydrogen-bond acceptors (Lipinski definition) is 13. The molecule has 2 aromatic carbocycles. The van der Waals surface area contributed by atoms with Crippen molar-refractivity contribution in [2.45, 2.75) is 85.2 Å². The van der Waals surface area contributed by atoms with Gasteiger partial charge in [-0.05, 0) is 82.9 Å². The Bertz CT molecular complexity index is 2770. The number of fused-ring (bicyclic) bond motifs is 6. The monoisotopic (exact) mass is 910 g/mol. The van der Waals surface area contributed by atoms with Crippen molar-refractivity contribution in [1.82, 2.24) is 29.5 Å². The third kappa shape index (κ3) is 8.48. The predicted octanol–water partition coefficient (Wildman–Crippen LogP) is 9.59. The zero-order valence-corrected chi connectivity index (χ0v) is 38.3. The second kappa shape index (κ2) is 18.3. The average molecular weight is 912 g/mol. The first-order valence-electron chi connectivity index (χ1n) is 20.3. The molecule has 0 radical (unpaired) electrons. The zero-order chi connectivity index (χ0) is 43.8. The Hall–Kier alpha value is -5.19. The zero-order valence-electron chi connectivity index (χ0n) is 35.1. The second-order valence-corrected chi connectivity index (χ2v) is 18.4. The van der Waals surface area contributed by atoms with Crippen LogP contribution in [0.5, 0.6) is 0 Å². The molecular formula is C45H44Cl2N8O5S2. The highest BCUT2D eigenvalue weighted by Crippen LogP contribution is 2.42. The Morgan fingerprint density at radius 1 is 0.661 bits per heavy atom. The van der Waals surface area contributed by atoms with Crippen LogP contribution in [0.3, 0.4) is 0 Å². The van der Waals surface area contributed by atoms with Gasteiger partial charge in [0.1, 0.15) is 39.5 Å². The molecule has 17 heteroatoms. The molecule has 0 unspecified atom stereocenters. The van der Waals surface area contributed by atoms with Gasteiger partial charge >= 0.3 is 5.97 Å². The highest BCUT2D eigenvalue weighted by atomic mass is 35.5. The molecule has 320 valence electrons. The molecule has 13 nitrogen and oxygen atoms in total. The topological polar surface area (TPSA) is 156 Å². The molecule has 0 fully saturated rings. The van der Waals surface area contributed by atoms with Crippen LogP contribution in [0.25, 0.3) is 10.0 Å². The first kappa shape index (κ1) is 43.5. The van der Waals surface area contributed by atoms with Gasteiger partial charge in [-0.15, -0.1) is 43.1 Å². The van der Waals surface area contributed by atoms with Crippen LogP contribution in [0.2, 0.25) is 10.0 Å². The molecule has 8 rings (SSSR count). The number of benzene rings is 2. The Labute approximate surface area is 376 Å². The molecular weight excluding hydrogens is 868 g/mol. The number of ketones is 2. The summed E-state index contributed by atoms with van der Waals surface area (Å²) in [5, 5.41) is 20.6. The molecule has 0 N–H and O–H groups in total. The molecule has 0 bridgehead atoms. The van der Waals surface area contributed by atoms with Crippen molar-refractivity contribution in [3.63, 3.8) is 0 Å². The summed E-state index contributed by atoms with van der Waals surface area (Å²) in [5.41, 5.74) is 6.88. The molecule has 6 heterocycles. The van der Waals surface area contributed by atoms with E-state index in [9.17, 15) is 14.4 Å². The maximum absolute atomic E-state index is 13.9. The summed E-state index contributed by atoms with van der Waals surface area (Å²) in [4.78, 5) is 52.0. The molecule has 2 atom stereocenters. The number of rotatable bonds is 15. The summed E-state index contributed by atoms with van der Waals surface area (Å²) in [6.45, 7) is 10.6. The first-order chi connectivity index (χ1) is 29.8. The number of halogens is 2. The molecule has 0 saturated carbocycles. The summed E-state index contributed by atoms with van der Waals surface area (Å²) in [7, 11) is 1.34. The van der Waals surface area contributed by atoms with Crippen LogP contribution in [0.15, 0.2) is 58.5 Å². The van der Waals surface area contributed by atoms with Crippen molar-refractivity contribution in [2.24, 2.45) is 9.98 Å². The second-order valence-electron chi connectivity index (χ2n) is 15.3. The Kier molecular flexibility index (Phi) is 12.8. The van der Waals surface area contributed by atoms with Crippen LogP contribution in [0, 0.1) is 34.6 Å². The van der Waals surface area contributed by atoms with Crippen LogP contribution in [0.1, 0.15) is 122 Å². The third-order valence-electron chi connectivity index (χ3n) is 11.2. The van der Waals surface area contributed by atoms with Gasteiger partial charge in [0.15, 0.2) is 17.4 Å². The summed E-state index contributed by atoms with van der Waals surface area (Å²) in [6, 6.07) is 13.8. The molecule has 0 aliphatic carbocycles. The number of thiophene rings is 2. The van der Waals surface area contributed by atoms with Crippen molar-refractivity contribution in [3.8, 4) is 10.0 Å². The van der Waals surface area contributed by atoms with Gasteiger partial charge in [-0.1, -0.05) is 47.5 Å². The van der Waals surface area contributed by atoms with Gasteiger partial charge in [-0.3, -0.25) is 33.5 Å². The van der Waals surface area contributed by atoms with Crippen molar-refractivity contribution in [2.75, 3.05) is 20.3 Å². The van der Waals surface area contributed by atoms with Gasteiger partial charge in [-0.25, -0.2) is 0 Å². The minimum atomic E-state index is -0.660. The van der Waals surface area contributed by atoms with E-state index in [0.29, 0.717) is 70.6 Å². The molecule has 2 aliphatic heterocycles. The number of esters is 1. The first-order valence-corrected chi connectivity index (χ1v) is 22.7. The van der Waals surface area contributed by atoms with Gasteiger partial charge in [-0.2, -0.15) is 0 Å². The van der Waals surface area contributed by atoms with Gasteiger partial charge in [0, 0.05) is 69.7 Å². The smallest absolute Gasteiger partial charge is 0.308 e. The largest absolute Gasteiger partial charge is 0.469 e. The van der Waals surface area contributed by atoms with E-state index in [1.807, 2.05) is 66.3 Å². The van der Waals surface area contributed by atoms with E-state index in [-0.39, 0.29) is 30.8 Å². The molecule has 0 spiro atoms. The standard InChI is InChI=1S/C45H44Cl2N8O5S2/c1-23-25(3)61-44-37(23)39(28-11-15-30(46)16-12-28)48-33(42-52-50-26(4)54(42)44)21-32(56)9-7-19-60-20-8-10-35(57)41-24(2)38-40(29-13-17-31(47)18-14-29)49-34(22-36(58)59-6)43-53-51-27(5)55(43)45(38)62-41/h11-18,33-34H,7-10,19-22H2,1-6H3/t33-,34+/m1/s1. The number of carbonyl (C=O) groups excluding carboxylic acids is 3. The number of aromatic nitrogens is 6. The van der Waals surface area contributed by atoms with Gasteiger partial charge in [0.05, 0.1) is 29.8 Å². The number of carbonyl (C=O) groups is 3. The predicted molar refractivity (Wildman–Crippen MR) is 242 cm³/mol. The Morgan fingerprint density at radius 2 is 1.16 bits per heavy atom. The third-order valence-corrected chi connectivity index (χ3v) is 14.2. The summed E-state index contributed by atoms with van der Waals surface area (Å²) in [6.07, 6.45) is 1.77. The maximum Gasteiger partial charge on any atom is 0.308 e. The fourth-order valence-electron chi connectivity index (χ4n) is 7.90. The number of hydrogen-bond donors (Lipinski definition) is 0. The number of Topliss-reactive ketones (excluding diaryl/α,β-unsaturated/α-hetero) is 2. The molecule has 2 aliphatic rings. The van der Waals surface area contributed by atoms with Gasteiger partial charge < -0.3 is 9.47 Å². The lowest BCUT2D eigenvalue weighted by atomic mass is 9.98. The van der Waals surface area contributed by atoms with Crippen LogP contribution >= 0.6 is 45.9 Å². The lowest BCUT2D eigenvalue weighted by Crippen LogP contribution is -2.12. The maximum atomic E-state index is 13.9. The minimum absolute atomic E-state index is 0.0158. The molecule has 6 aromatic rings. The van der Waals surface area contributed by atoms with E-state index < -0.39 is 18.1 Å². The van der Waals surface area contributed by atoms with E-state index in [0.717, 1.165) is 54.9 Å². The SMILES string of the molecule is COC(=O)C[C@@H]1N=C(c2ccc(Cl)cc2)c2c(sc(C(=O)CCCOCCCC(=O)C[C@H]3N=C(c4ccc(Cl)cc4)c4c(sc(C)c4C)-n4c(C)nnc43)c2C)-n2c(C)nnc21. The fourth-order valence-corrected chi connectivity index (χ4v) is 10.7. The van der Waals surface area contributed by atoms with Crippen molar-refractivity contribution < 1.29 is 23.9 Å². The van der Waals surface area contributed by atoms with Gasteiger partial charge in [0.25, 0.3) is 0 Å². The fraction of sp³-hybridized carbons (Fsp3) is 0.356. The number of nitrogens with zero attached hydrogens (tertiary/aromatic N) is 8. The molecule has 0 saturated heterocycles. The molecule has 4 aromatic heterocycles. The van der Waals surface area contributed by atoms with E-state index in [4.69, 9.17) is 42.7 Å². The van der Waals surface area contributed by atoms with Crippen LogP contribution in [-0.4, -0.2) is 78.8 Å². The van der Waals surface area contributed by atoms with Crippen molar-refractivity contribution in [1.29, 1.82) is 0 Å². The van der Waals surface area contributed by atoms with Crippen LogP contribution < -0.4 is 0 Å². The van der Waals surface area contributed by atoms with Crippen LogP contribution in [-0.2, 0) is 19.1 Å². The van der Waals surface area contributed by atoms with E-state index in [2.05, 4.69) is 34.2 Å². The summed E-state index contributed by atoms with van der Waals surface area (Å²) in [5.74, 6) is 2.11. The normalized spacial score (nSPS) is 15.4. The highest BCUT2D eigenvalue weighted by Gasteiger charge is 2.35. The Balaban J connectivity index is 0.911. The highest BCUT2D eigenvalue weighted by molar-refractivity contribution is 7.17.